The van der Waals surface area contributed by atoms with Crippen molar-refractivity contribution >= 4 is 7.69 Å². The highest BCUT2D eigenvalue weighted by atomic mass is 19.1. The Morgan fingerprint density at radius 3 is 1.92 bits per heavy atom. The van der Waals surface area contributed by atoms with E-state index in [1.165, 1.54) is 24.3 Å². The van der Waals surface area contributed by atoms with Gasteiger partial charge in [0.15, 0.2) is 0 Å². The molecule has 0 aliphatic heterocycles. The van der Waals surface area contributed by atoms with Gasteiger partial charge in [-0.05, 0) is 59.9 Å². The Hall–Kier alpha value is -4.19. The number of hydrogen-bond acceptors (Lipinski definition) is 5. The average molecular weight is 530 g/mol. The van der Waals surface area contributed by atoms with E-state index in [1.54, 1.807) is 30.3 Å². The van der Waals surface area contributed by atoms with Crippen LogP contribution in [0.15, 0.2) is 97.1 Å². The van der Waals surface area contributed by atoms with Crippen molar-refractivity contribution in [1.29, 1.82) is 5.26 Å². The smallest absolute Gasteiger partial charge is 0.482 e. The topological polar surface area (TPSA) is 82.7 Å². The van der Waals surface area contributed by atoms with Crippen LogP contribution in [-0.2, 0) is 13.0 Å². The largest absolute Gasteiger partial charge is 0.493 e. The first-order valence-electron chi connectivity index (χ1n) is 12.4. The number of halogens is 2. The zero-order chi connectivity index (χ0) is 28.3. The molecule has 0 saturated carbocycles. The van der Waals surface area contributed by atoms with Gasteiger partial charge in [0.1, 0.15) is 29.7 Å². The number of unbranched alkanes of at least 4 members (excludes halogenated alkanes) is 1. The summed E-state index contributed by atoms with van der Waals surface area (Å²) >= 11 is 0. The minimum Gasteiger partial charge on any atom is -0.493 e. The van der Waals surface area contributed by atoms with Gasteiger partial charge in [0, 0.05) is 18.1 Å². The molecule has 0 aliphatic carbocycles. The van der Waals surface area contributed by atoms with Gasteiger partial charge in [0.25, 0.3) is 0 Å². The molecule has 0 spiro atoms. The first-order valence-corrected chi connectivity index (χ1v) is 12.4. The molecular formula is C31H31BF2NO4. The molecule has 0 fully saturated rings. The van der Waals surface area contributed by atoms with Crippen molar-refractivity contribution in [3.63, 3.8) is 0 Å². The monoisotopic (exact) mass is 530 g/mol. The summed E-state index contributed by atoms with van der Waals surface area (Å²) in [4.78, 5) is 0. The van der Waals surface area contributed by atoms with E-state index in [2.05, 4.69) is 13.0 Å². The molecule has 0 saturated heterocycles. The van der Waals surface area contributed by atoms with Crippen LogP contribution >= 0.6 is 0 Å². The van der Waals surface area contributed by atoms with Gasteiger partial charge in [-0.3, -0.25) is 0 Å². The summed E-state index contributed by atoms with van der Waals surface area (Å²) in [5.41, 5.74) is 3.91. The first kappa shape index (κ1) is 31.0. The molecule has 201 valence electrons. The van der Waals surface area contributed by atoms with Gasteiger partial charge in [-0.15, -0.1) is 0 Å². The molecule has 0 atom stereocenters. The molecule has 1 radical (unpaired) electrons. The van der Waals surface area contributed by atoms with Gasteiger partial charge >= 0.3 is 7.69 Å². The number of ether oxygens (including phenoxy) is 2. The third-order valence-electron chi connectivity index (χ3n) is 5.36. The quantitative estimate of drug-likeness (QED) is 0.187. The predicted molar refractivity (Wildman–Crippen MR) is 149 cm³/mol. The van der Waals surface area contributed by atoms with Crippen molar-refractivity contribution < 1.29 is 28.3 Å². The van der Waals surface area contributed by atoms with E-state index in [0.717, 1.165) is 34.4 Å². The molecule has 0 amide bonds. The van der Waals surface area contributed by atoms with Crippen LogP contribution in [0.5, 0.6) is 11.5 Å². The van der Waals surface area contributed by atoms with Crippen LogP contribution in [0.3, 0.4) is 0 Å². The summed E-state index contributed by atoms with van der Waals surface area (Å²) in [5, 5.41) is 22.7. The van der Waals surface area contributed by atoms with Crippen molar-refractivity contribution in [3.8, 4) is 28.7 Å². The number of rotatable bonds is 9. The van der Waals surface area contributed by atoms with Crippen LogP contribution in [0.2, 0.25) is 0 Å². The molecule has 4 aromatic carbocycles. The lowest BCUT2D eigenvalue weighted by molar-refractivity contribution is 0.292. The van der Waals surface area contributed by atoms with Crippen molar-refractivity contribution in [1.82, 2.24) is 0 Å². The van der Waals surface area contributed by atoms with E-state index in [9.17, 15) is 8.78 Å². The van der Waals surface area contributed by atoms with Crippen LogP contribution in [-0.4, -0.2) is 24.3 Å². The SMILES string of the molecule is CCc1cc(-c2ccc(F)cc2)c(OCc2ccccc2)cc1OCCCC#N.Fc1ccccc1.O[B]O. The van der Waals surface area contributed by atoms with Gasteiger partial charge in [-0.2, -0.15) is 5.26 Å². The van der Waals surface area contributed by atoms with Crippen LogP contribution in [0.25, 0.3) is 11.1 Å². The molecule has 0 aliphatic rings. The first-order chi connectivity index (χ1) is 19.0. The number of nitriles is 1. The van der Waals surface area contributed by atoms with E-state index in [4.69, 9.17) is 24.8 Å². The summed E-state index contributed by atoms with van der Waals surface area (Å²) in [6.45, 7) is 2.97. The molecule has 4 rings (SSSR count). The standard InChI is InChI=1S/C25H24FNO2.C6H5F.BH2O2/c1-2-20-16-23(21-10-12-22(26)13-11-21)25(17-24(20)28-15-7-6-14-27)29-18-19-8-4-3-5-9-19;7-6-4-2-1-3-5-6;2-1-3/h3-5,8-13,16-17H,2,6-7,15,18H2,1H3;1-5H;2-3H. The maximum absolute atomic E-state index is 13.4. The second kappa shape index (κ2) is 18.1. The van der Waals surface area contributed by atoms with Gasteiger partial charge in [0.2, 0.25) is 0 Å². The number of aryl methyl sites for hydroxylation is 1. The molecule has 39 heavy (non-hydrogen) atoms. The molecular weight excluding hydrogens is 499 g/mol. The summed E-state index contributed by atoms with van der Waals surface area (Å²) in [5.74, 6) is 1.00. The maximum Gasteiger partial charge on any atom is 0.482 e. The Balaban J connectivity index is 0.000000450. The fourth-order valence-corrected chi connectivity index (χ4v) is 3.47. The molecule has 8 heteroatoms. The highest BCUT2D eigenvalue weighted by molar-refractivity contribution is 6.13. The lowest BCUT2D eigenvalue weighted by Crippen LogP contribution is -2.03. The van der Waals surface area contributed by atoms with Crippen LogP contribution in [0.1, 0.15) is 30.9 Å². The number of nitrogens with zero attached hydrogens (tertiary/aromatic N) is 1. The zero-order valence-corrected chi connectivity index (χ0v) is 21.8. The molecule has 2 N–H and O–H groups in total. The van der Waals surface area contributed by atoms with E-state index in [0.29, 0.717) is 31.8 Å². The Morgan fingerprint density at radius 1 is 0.795 bits per heavy atom. The predicted octanol–water partition coefficient (Wildman–Crippen LogP) is 6.65. The van der Waals surface area contributed by atoms with Crippen LogP contribution < -0.4 is 9.47 Å². The summed E-state index contributed by atoms with van der Waals surface area (Å²) < 4.78 is 37.4. The number of benzene rings is 4. The fourth-order valence-electron chi connectivity index (χ4n) is 3.47. The highest BCUT2D eigenvalue weighted by Crippen LogP contribution is 2.37. The van der Waals surface area contributed by atoms with E-state index >= 15 is 0 Å². The lowest BCUT2D eigenvalue weighted by atomic mass is 9.99. The molecule has 0 aromatic heterocycles. The fraction of sp³-hybridized carbons (Fsp3) is 0.194. The van der Waals surface area contributed by atoms with Gasteiger partial charge in [-0.1, -0.05) is 67.6 Å². The van der Waals surface area contributed by atoms with Gasteiger partial charge in [-0.25, -0.2) is 8.78 Å². The van der Waals surface area contributed by atoms with E-state index < -0.39 is 0 Å². The van der Waals surface area contributed by atoms with Crippen molar-refractivity contribution in [2.24, 2.45) is 0 Å². The zero-order valence-electron chi connectivity index (χ0n) is 21.8. The molecule has 0 bridgehead atoms. The second-order valence-electron chi connectivity index (χ2n) is 8.11. The summed E-state index contributed by atoms with van der Waals surface area (Å²) in [6, 6.07) is 30.4. The van der Waals surface area contributed by atoms with Crippen molar-refractivity contribution in [2.75, 3.05) is 6.61 Å². The van der Waals surface area contributed by atoms with E-state index in [-0.39, 0.29) is 19.3 Å². The highest BCUT2D eigenvalue weighted by Gasteiger charge is 2.14. The maximum atomic E-state index is 13.4. The van der Waals surface area contributed by atoms with Gasteiger partial charge < -0.3 is 19.5 Å². The average Bonchev–Trinajstić information content (AvgIpc) is 2.96. The summed E-state index contributed by atoms with van der Waals surface area (Å²) in [7, 11) is 0. The molecule has 4 aromatic rings. The Kier molecular flexibility index (Phi) is 14.4. The number of hydrogen-bond donors (Lipinski definition) is 2. The minimum atomic E-state index is -0.270. The lowest BCUT2D eigenvalue weighted by Gasteiger charge is -2.17. The Morgan fingerprint density at radius 2 is 1.38 bits per heavy atom. The van der Waals surface area contributed by atoms with Crippen LogP contribution in [0, 0.1) is 23.0 Å². The minimum absolute atomic E-state index is 0. The summed E-state index contributed by atoms with van der Waals surface area (Å²) in [6.07, 6.45) is 1.94. The third kappa shape index (κ3) is 11.4. The molecule has 5 nitrogen and oxygen atoms in total. The third-order valence-corrected chi connectivity index (χ3v) is 5.36. The second-order valence-corrected chi connectivity index (χ2v) is 8.11. The van der Waals surface area contributed by atoms with E-state index in [1.807, 2.05) is 42.5 Å². The van der Waals surface area contributed by atoms with Crippen LogP contribution in [0.4, 0.5) is 8.78 Å². The van der Waals surface area contributed by atoms with Crippen molar-refractivity contribution in [2.45, 2.75) is 32.8 Å². The molecule has 0 heterocycles. The van der Waals surface area contributed by atoms with Crippen molar-refractivity contribution in [3.05, 3.63) is 120 Å². The Labute approximate surface area is 229 Å². The normalized spacial score (nSPS) is 9.64. The Bertz CT molecular complexity index is 1270. The van der Waals surface area contributed by atoms with Gasteiger partial charge in [0.05, 0.1) is 12.7 Å². The molecule has 0 unspecified atom stereocenters.